The van der Waals surface area contributed by atoms with Gasteiger partial charge in [0.05, 0.1) is 9.95 Å². The van der Waals surface area contributed by atoms with Crippen LogP contribution in [0.1, 0.15) is 39.0 Å². The number of pyridine rings is 1. The van der Waals surface area contributed by atoms with E-state index in [4.69, 9.17) is 11.6 Å². The van der Waals surface area contributed by atoms with E-state index in [1.54, 1.807) is 0 Å². The number of hydrogen-bond acceptors (Lipinski definition) is 4. The quantitative estimate of drug-likeness (QED) is 0.651. The van der Waals surface area contributed by atoms with E-state index in [9.17, 15) is 10.1 Å². The summed E-state index contributed by atoms with van der Waals surface area (Å²) in [6, 6.07) is 1.34. The molecule has 0 aliphatic heterocycles. The third-order valence-corrected chi connectivity index (χ3v) is 4.34. The number of hydrogen-bond donors (Lipinski definition) is 1. The summed E-state index contributed by atoms with van der Waals surface area (Å²) in [5.41, 5.74) is -0.0558. The molecule has 0 radical (unpaired) electrons. The number of halogens is 1. The lowest BCUT2D eigenvalue weighted by Gasteiger charge is -2.27. The smallest absolute Gasteiger partial charge is 0.312 e. The van der Waals surface area contributed by atoms with Gasteiger partial charge in [0.25, 0.3) is 0 Å². The Morgan fingerprint density at radius 1 is 1.40 bits per heavy atom. The molecular weight excluding hydrogens is 278 g/mol. The molecule has 110 valence electrons. The zero-order chi connectivity index (χ0) is 14.5. The van der Waals surface area contributed by atoms with Gasteiger partial charge >= 0.3 is 5.69 Å². The Balaban J connectivity index is 1.93. The van der Waals surface area contributed by atoms with Crippen LogP contribution < -0.4 is 5.32 Å². The molecule has 0 spiro atoms. The molecule has 1 heterocycles. The summed E-state index contributed by atoms with van der Waals surface area (Å²) in [6.45, 7) is 2.98. The largest absolute Gasteiger partial charge is 0.364 e. The summed E-state index contributed by atoms with van der Waals surface area (Å²) in [7, 11) is 0. The molecule has 0 aromatic carbocycles. The summed E-state index contributed by atoms with van der Waals surface area (Å²) in [4.78, 5) is 14.6. The molecule has 5 nitrogen and oxygen atoms in total. The van der Waals surface area contributed by atoms with Gasteiger partial charge in [-0.15, -0.1) is 0 Å². The zero-order valence-electron chi connectivity index (χ0n) is 11.6. The van der Waals surface area contributed by atoms with Gasteiger partial charge in [-0.2, -0.15) is 0 Å². The van der Waals surface area contributed by atoms with Crippen molar-refractivity contribution in [2.45, 2.75) is 39.0 Å². The Kier molecular flexibility index (Phi) is 5.17. The lowest BCUT2D eigenvalue weighted by atomic mass is 9.81. The highest BCUT2D eigenvalue weighted by molar-refractivity contribution is 6.30. The van der Waals surface area contributed by atoms with Gasteiger partial charge in [0.2, 0.25) is 5.82 Å². The molecule has 0 atom stereocenters. The molecule has 1 aliphatic rings. The molecule has 1 aromatic heterocycles. The second kappa shape index (κ2) is 6.88. The first-order chi connectivity index (χ1) is 9.60. The number of rotatable bonds is 5. The van der Waals surface area contributed by atoms with Crippen LogP contribution in [0.3, 0.4) is 0 Å². The third-order valence-electron chi connectivity index (χ3n) is 4.13. The fraction of sp³-hybridized carbons (Fsp3) is 0.643. The Bertz CT molecular complexity index is 473. The Morgan fingerprint density at radius 2 is 2.05 bits per heavy atom. The van der Waals surface area contributed by atoms with E-state index in [2.05, 4.69) is 17.2 Å². The minimum atomic E-state index is -0.449. The van der Waals surface area contributed by atoms with Gasteiger partial charge in [-0.3, -0.25) is 10.1 Å². The number of anilines is 1. The second-order valence-corrected chi connectivity index (χ2v) is 5.89. The van der Waals surface area contributed by atoms with Crippen LogP contribution in [0.25, 0.3) is 0 Å². The molecule has 1 aliphatic carbocycles. The minimum Gasteiger partial charge on any atom is -0.364 e. The summed E-state index contributed by atoms with van der Waals surface area (Å²) in [6.07, 6.45) is 7.59. The van der Waals surface area contributed by atoms with Gasteiger partial charge in [0, 0.05) is 18.8 Å². The maximum absolute atomic E-state index is 11.0. The molecule has 0 saturated heterocycles. The van der Waals surface area contributed by atoms with Gasteiger partial charge in [-0.25, -0.2) is 4.98 Å². The van der Waals surface area contributed by atoms with Crippen molar-refractivity contribution in [3.8, 4) is 0 Å². The van der Waals surface area contributed by atoms with E-state index in [1.807, 2.05) is 0 Å². The van der Waals surface area contributed by atoms with Crippen molar-refractivity contribution in [2.24, 2.45) is 11.8 Å². The topological polar surface area (TPSA) is 68.1 Å². The van der Waals surface area contributed by atoms with Crippen LogP contribution in [0.5, 0.6) is 0 Å². The average molecular weight is 298 g/mol. The van der Waals surface area contributed by atoms with Crippen LogP contribution in [0, 0.1) is 22.0 Å². The molecule has 6 heteroatoms. The number of nitrogens with zero attached hydrogens (tertiary/aromatic N) is 2. The number of nitro groups is 1. The van der Waals surface area contributed by atoms with Crippen molar-refractivity contribution in [1.29, 1.82) is 0 Å². The van der Waals surface area contributed by atoms with Crippen molar-refractivity contribution in [3.63, 3.8) is 0 Å². The lowest BCUT2D eigenvalue weighted by molar-refractivity contribution is -0.384. The maximum Gasteiger partial charge on any atom is 0.312 e. The van der Waals surface area contributed by atoms with Crippen molar-refractivity contribution in [2.75, 3.05) is 11.9 Å². The van der Waals surface area contributed by atoms with E-state index >= 15 is 0 Å². The molecule has 1 aromatic rings. The van der Waals surface area contributed by atoms with Crippen molar-refractivity contribution in [3.05, 3.63) is 27.4 Å². The summed E-state index contributed by atoms with van der Waals surface area (Å²) in [5, 5.41) is 14.4. The molecule has 2 rings (SSSR count). The normalized spacial score (nSPS) is 22.5. The van der Waals surface area contributed by atoms with Crippen LogP contribution in [-0.4, -0.2) is 16.5 Å². The third kappa shape index (κ3) is 3.82. The highest BCUT2D eigenvalue weighted by atomic mass is 35.5. The number of nitrogens with one attached hydrogen (secondary N) is 1. The Hall–Kier alpha value is -1.36. The molecule has 1 saturated carbocycles. The molecule has 1 N–H and O–H groups in total. The molecule has 20 heavy (non-hydrogen) atoms. The van der Waals surface area contributed by atoms with E-state index < -0.39 is 4.92 Å². The fourth-order valence-corrected chi connectivity index (χ4v) is 2.94. The monoisotopic (exact) mass is 297 g/mol. The van der Waals surface area contributed by atoms with Gasteiger partial charge in [0.15, 0.2) is 0 Å². The van der Waals surface area contributed by atoms with E-state index in [0.29, 0.717) is 11.7 Å². The van der Waals surface area contributed by atoms with Crippen LogP contribution in [0.15, 0.2) is 12.3 Å². The van der Waals surface area contributed by atoms with Gasteiger partial charge < -0.3 is 5.32 Å². The second-order valence-electron chi connectivity index (χ2n) is 5.45. The van der Waals surface area contributed by atoms with E-state index in [0.717, 1.165) is 12.5 Å². The van der Waals surface area contributed by atoms with E-state index in [1.165, 1.54) is 44.4 Å². The summed E-state index contributed by atoms with van der Waals surface area (Å²) >= 11 is 5.75. The fourth-order valence-electron chi connectivity index (χ4n) is 2.79. The molecule has 0 amide bonds. The molecule has 0 bridgehead atoms. The number of aromatic nitrogens is 1. The zero-order valence-corrected chi connectivity index (χ0v) is 12.4. The van der Waals surface area contributed by atoms with Crippen LogP contribution in [-0.2, 0) is 0 Å². The first-order valence-corrected chi connectivity index (χ1v) is 7.51. The predicted octanol–water partition coefficient (Wildman–Crippen LogP) is 4.27. The highest BCUT2D eigenvalue weighted by Gasteiger charge is 2.21. The predicted molar refractivity (Wildman–Crippen MR) is 80.1 cm³/mol. The SMILES string of the molecule is CCC1CCC(CNc2ncc(Cl)cc2[N+](=O)[O-])CC1. The van der Waals surface area contributed by atoms with Crippen LogP contribution in [0.4, 0.5) is 11.5 Å². The van der Waals surface area contributed by atoms with Crippen molar-refractivity contribution >= 4 is 23.1 Å². The first kappa shape index (κ1) is 15.0. The highest BCUT2D eigenvalue weighted by Crippen LogP contribution is 2.31. The standard InChI is InChI=1S/C14H20ClN3O2/c1-2-10-3-5-11(6-4-10)8-16-14-13(18(19)20)7-12(15)9-17-14/h7,9-11H,2-6,8H2,1H3,(H,16,17). The van der Waals surface area contributed by atoms with Gasteiger partial charge in [-0.05, 0) is 24.7 Å². The molecule has 0 unspecified atom stereocenters. The van der Waals surface area contributed by atoms with E-state index in [-0.39, 0.29) is 10.7 Å². The average Bonchev–Trinajstić information content (AvgIpc) is 2.46. The Labute approximate surface area is 123 Å². The van der Waals surface area contributed by atoms with Gasteiger partial charge in [-0.1, -0.05) is 37.8 Å². The Morgan fingerprint density at radius 3 is 2.65 bits per heavy atom. The first-order valence-electron chi connectivity index (χ1n) is 7.14. The maximum atomic E-state index is 11.0. The van der Waals surface area contributed by atoms with Gasteiger partial charge in [0.1, 0.15) is 0 Å². The lowest BCUT2D eigenvalue weighted by Crippen LogP contribution is -2.21. The van der Waals surface area contributed by atoms with Crippen LogP contribution >= 0.6 is 11.6 Å². The minimum absolute atomic E-state index is 0.0558. The van der Waals surface area contributed by atoms with Crippen molar-refractivity contribution < 1.29 is 4.92 Å². The molecule has 1 fully saturated rings. The summed E-state index contributed by atoms with van der Waals surface area (Å²) < 4.78 is 0. The molecular formula is C14H20ClN3O2. The van der Waals surface area contributed by atoms with Crippen molar-refractivity contribution in [1.82, 2.24) is 4.98 Å². The van der Waals surface area contributed by atoms with Crippen LogP contribution in [0.2, 0.25) is 5.02 Å². The summed E-state index contributed by atoms with van der Waals surface area (Å²) in [5.74, 6) is 1.75.